The van der Waals surface area contributed by atoms with Gasteiger partial charge in [-0.2, -0.15) is 0 Å². The Morgan fingerprint density at radius 1 is 1.28 bits per heavy atom. The molecule has 1 saturated carbocycles. The molecule has 2 aliphatic rings. The maximum Gasteiger partial charge on any atom is 0.255 e. The maximum absolute atomic E-state index is 12.3. The molecular formula is C17H27N5O3. The van der Waals surface area contributed by atoms with Crippen LogP contribution in [0.2, 0.25) is 0 Å². The molecule has 0 radical (unpaired) electrons. The fraction of sp³-hybridized carbons (Fsp3) is 0.765. The minimum atomic E-state index is -0.536. The molecule has 8 nitrogen and oxygen atoms in total. The Morgan fingerprint density at radius 3 is 2.68 bits per heavy atom. The Bertz CT molecular complexity index is 591. The van der Waals surface area contributed by atoms with E-state index in [1.807, 2.05) is 4.90 Å². The van der Waals surface area contributed by atoms with Gasteiger partial charge in [0.2, 0.25) is 11.9 Å². The van der Waals surface area contributed by atoms with Gasteiger partial charge in [0.1, 0.15) is 19.0 Å². The minimum Gasteiger partial charge on any atom is -0.368 e. The Kier molecular flexibility index (Phi) is 6.01. The van der Waals surface area contributed by atoms with Crippen molar-refractivity contribution in [3.63, 3.8) is 0 Å². The smallest absolute Gasteiger partial charge is 0.255 e. The third-order valence-corrected chi connectivity index (χ3v) is 4.68. The van der Waals surface area contributed by atoms with E-state index in [9.17, 15) is 9.59 Å². The Labute approximate surface area is 147 Å². The highest BCUT2D eigenvalue weighted by Gasteiger charge is 2.24. The summed E-state index contributed by atoms with van der Waals surface area (Å²) in [7, 11) is 0. The third-order valence-electron chi connectivity index (χ3n) is 4.68. The molecule has 2 fully saturated rings. The van der Waals surface area contributed by atoms with E-state index in [2.05, 4.69) is 15.4 Å². The van der Waals surface area contributed by atoms with E-state index in [1.165, 1.54) is 36.7 Å². The second kappa shape index (κ2) is 8.42. The number of anilines is 1. The number of carbonyl (C=O) groups excluding carboxylic acids is 2. The van der Waals surface area contributed by atoms with Crippen molar-refractivity contribution in [2.45, 2.75) is 58.1 Å². The van der Waals surface area contributed by atoms with Crippen molar-refractivity contribution in [1.82, 2.24) is 19.7 Å². The zero-order valence-electron chi connectivity index (χ0n) is 14.8. The van der Waals surface area contributed by atoms with Crippen LogP contribution in [0.4, 0.5) is 5.95 Å². The van der Waals surface area contributed by atoms with E-state index < -0.39 is 6.10 Å². The summed E-state index contributed by atoms with van der Waals surface area (Å²) in [5.74, 6) is 0.594. The van der Waals surface area contributed by atoms with Crippen molar-refractivity contribution in [3.8, 4) is 0 Å². The number of rotatable bonds is 7. The first kappa shape index (κ1) is 17.8. The van der Waals surface area contributed by atoms with Gasteiger partial charge in [0.15, 0.2) is 0 Å². The van der Waals surface area contributed by atoms with Crippen LogP contribution in [0.15, 0.2) is 6.33 Å². The number of likely N-dealkylation sites (tertiary alicyclic amines) is 1. The highest BCUT2D eigenvalue weighted by Crippen LogP contribution is 2.29. The summed E-state index contributed by atoms with van der Waals surface area (Å²) in [5.41, 5.74) is 0. The first-order valence-corrected chi connectivity index (χ1v) is 9.21. The van der Waals surface area contributed by atoms with Gasteiger partial charge in [-0.25, -0.2) is 9.67 Å². The standard InChI is InChI=1S/C17H27N5O3/c1-13(25-11-14-6-7-14)16(24)19-17-18-12-22(20-17)10-15(23)21-8-4-2-3-5-9-21/h12-14H,2-11H2,1H3,(H,19,20,24)/t13-/m1/s1. The summed E-state index contributed by atoms with van der Waals surface area (Å²) in [6.07, 6.45) is 7.80. The van der Waals surface area contributed by atoms with Crippen LogP contribution in [0.25, 0.3) is 0 Å². The van der Waals surface area contributed by atoms with Gasteiger partial charge in [0, 0.05) is 13.1 Å². The van der Waals surface area contributed by atoms with E-state index in [4.69, 9.17) is 4.74 Å². The van der Waals surface area contributed by atoms with Crippen molar-refractivity contribution >= 4 is 17.8 Å². The number of amides is 2. The van der Waals surface area contributed by atoms with Crippen LogP contribution in [0.5, 0.6) is 0 Å². The fourth-order valence-corrected chi connectivity index (χ4v) is 2.84. The molecule has 0 aromatic carbocycles. The number of nitrogens with zero attached hydrogens (tertiary/aromatic N) is 4. The molecule has 1 aromatic heterocycles. The van der Waals surface area contributed by atoms with E-state index >= 15 is 0 Å². The summed E-state index contributed by atoms with van der Waals surface area (Å²) < 4.78 is 7.00. The lowest BCUT2D eigenvalue weighted by atomic mass is 10.2. The van der Waals surface area contributed by atoms with Crippen LogP contribution in [-0.2, 0) is 20.9 Å². The molecule has 1 atom stereocenters. The molecule has 25 heavy (non-hydrogen) atoms. The first-order valence-electron chi connectivity index (χ1n) is 9.21. The molecule has 2 heterocycles. The quantitative estimate of drug-likeness (QED) is 0.804. The molecular weight excluding hydrogens is 322 g/mol. The Hall–Kier alpha value is -1.96. The van der Waals surface area contributed by atoms with Gasteiger partial charge >= 0.3 is 0 Å². The predicted molar refractivity (Wildman–Crippen MR) is 91.8 cm³/mol. The average molecular weight is 349 g/mol. The molecule has 1 aromatic rings. The Morgan fingerprint density at radius 2 is 2.00 bits per heavy atom. The lowest BCUT2D eigenvalue weighted by Gasteiger charge is -2.19. The van der Waals surface area contributed by atoms with E-state index in [0.29, 0.717) is 12.5 Å². The number of carbonyl (C=O) groups is 2. The molecule has 2 amide bonds. The highest BCUT2D eigenvalue weighted by molar-refractivity contribution is 5.92. The van der Waals surface area contributed by atoms with Crippen LogP contribution in [-0.4, -0.2) is 57.3 Å². The van der Waals surface area contributed by atoms with Crippen LogP contribution >= 0.6 is 0 Å². The van der Waals surface area contributed by atoms with Gasteiger partial charge in [0.05, 0.1) is 6.61 Å². The first-order chi connectivity index (χ1) is 12.1. The number of ether oxygens (including phenoxy) is 1. The molecule has 3 rings (SSSR count). The van der Waals surface area contributed by atoms with Crippen LogP contribution in [0.3, 0.4) is 0 Å². The highest BCUT2D eigenvalue weighted by atomic mass is 16.5. The van der Waals surface area contributed by atoms with Gasteiger partial charge in [0.25, 0.3) is 5.91 Å². The zero-order chi connectivity index (χ0) is 17.6. The molecule has 0 spiro atoms. The largest absolute Gasteiger partial charge is 0.368 e. The second-order valence-corrected chi connectivity index (χ2v) is 6.97. The molecule has 138 valence electrons. The van der Waals surface area contributed by atoms with Gasteiger partial charge in [-0.3, -0.25) is 14.9 Å². The van der Waals surface area contributed by atoms with Crippen LogP contribution < -0.4 is 5.32 Å². The van der Waals surface area contributed by atoms with Crippen molar-refractivity contribution in [1.29, 1.82) is 0 Å². The lowest BCUT2D eigenvalue weighted by molar-refractivity contribution is -0.132. The van der Waals surface area contributed by atoms with Gasteiger partial charge in [-0.05, 0) is 38.5 Å². The Balaban J connectivity index is 1.45. The SMILES string of the molecule is C[C@@H](OCC1CC1)C(=O)Nc1ncn(CC(=O)N2CCCCCC2)n1. The van der Waals surface area contributed by atoms with Crippen molar-refractivity contribution in [2.75, 3.05) is 25.0 Å². The molecule has 1 saturated heterocycles. The second-order valence-electron chi connectivity index (χ2n) is 6.97. The fourth-order valence-electron chi connectivity index (χ4n) is 2.84. The number of aromatic nitrogens is 3. The van der Waals surface area contributed by atoms with Crippen molar-refractivity contribution in [3.05, 3.63) is 6.33 Å². The third kappa shape index (κ3) is 5.52. The van der Waals surface area contributed by atoms with Gasteiger partial charge in [-0.15, -0.1) is 5.10 Å². The van der Waals surface area contributed by atoms with Crippen molar-refractivity contribution < 1.29 is 14.3 Å². The minimum absolute atomic E-state index is 0.0470. The molecule has 1 aliphatic carbocycles. The monoisotopic (exact) mass is 349 g/mol. The summed E-state index contributed by atoms with van der Waals surface area (Å²) in [4.78, 5) is 30.4. The van der Waals surface area contributed by atoms with Gasteiger partial charge in [-0.1, -0.05) is 12.8 Å². The van der Waals surface area contributed by atoms with Gasteiger partial charge < -0.3 is 9.64 Å². The summed E-state index contributed by atoms with van der Waals surface area (Å²) in [5, 5.41) is 6.81. The molecule has 1 N–H and O–H groups in total. The number of hydrogen-bond acceptors (Lipinski definition) is 5. The van der Waals surface area contributed by atoms with Crippen LogP contribution in [0.1, 0.15) is 45.4 Å². The molecule has 0 unspecified atom stereocenters. The topological polar surface area (TPSA) is 89.3 Å². The average Bonchev–Trinajstić information content (AvgIpc) is 3.38. The maximum atomic E-state index is 12.3. The van der Waals surface area contributed by atoms with E-state index in [0.717, 1.165) is 25.9 Å². The predicted octanol–water partition coefficient (Wildman–Crippen LogP) is 1.43. The van der Waals surface area contributed by atoms with E-state index in [-0.39, 0.29) is 24.3 Å². The lowest BCUT2D eigenvalue weighted by Crippen LogP contribution is -2.34. The molecule has 1 aliphatic heterocycles. The summed E-state index contributed by atoms with van der Waals surface area (Å²) >= 11 is 0. The van der Waals surface area contributed by atoms with Crippen LogP contribution in [0, 0.1) is 5.92 Å². The summed E-state index contributed by atoms with van der Waals surface area (Å²) in [6.45, 7) is 4.12. The number of hydrogen-bond donors (Lipinski definition) is 1. The van der Waals surface area contributed by atoms with E-state index in [1.54, 1.807) is 6.92 Å². The van der Waals surface area contributed by atoms with Crippen molar-refractivity contribution in [2.24, 2.45) is 5.92 Å². The summed E-state index contributed by atoms with van der Waals surface area (Å²) in [6, 6.07) is 0. The normalized spacial score (nSPS) is 19.3. The zero-order valence-corrected chi connectivity index (χ0v) is 14.8. The molecule has 0 bridgehead atoms. The number of nitrogens with one attached hydrogen (secondary N) is 1. The molecule has 8 heteroatoms.